The van der Waals surface area contributed by atoms with Crippen LogP contribution in [0.15, 0.2) is 10.9 Å². The second kappa shape index (κ2) is 5.79. The molecule has 0 saturated carbocycles. The topological polar surface area (TPSA) is 57.5 Å². The van der Waals surface area contributed by atoms with E-state index in [-0.39, 0.29) is 23.7 Å². The average molecular weight is 279 g/mol. The first-order chi connectivity index (χ1) is 9.47. The van der Waals surface area contributed by atoms with E-state index < -0.39 is 0 Å². The molecule has 0 N–H and O–H groups in total. The van der Waals surface area contributed by atoms with Gasteiger partial charge in [0.1, 0.15) is 0 Å². The number of carbonyl (C=O) groups is 1. The summed E-state index contributed by atoms with van der Waals surface area (Å²) in [6, 6.07) is 1.49. The predicted molar refractivity (Wildman–Crippen MR) is 75.2 cm³/mol. The van der Waals surface area contributed by atoms with Crippen LogP contribution < -0.4 is 5.56 Å². The molecule has 2 heterocycles. The van der Waals surface area contributed by atoms with E-state index in [2.05, 4.69) is 0 Å². The first-order valence-electron chi connectivity index (χ1n) is 6.98. The summed E-state index contributed by atoms with van der Waals surface area (Å²) in [5.74, 6) is -0.372. The van der Waals surface area contributed by atoms with E-state index in [0.717, 1.165) is 6.42 Å². The Bertz CT molecular complexity index is 576. The van der Waals surface area contributed by atoms with E-state index in [1.54, 1.807) is 25.3 Å². The molecule has 2 atom stereocenters. The predicted octanol–water partition coefficient (Wildman–Crippen LogP) is 1.99. The van der Waals surface area contributed by atoms with E-state index in [1.807, 2.05) is 6.92 Å². The van der Waals surface area contributed by atoms with Gasteiger partial charge in [-0.3, -0.25) is 4.79 Å². The first-order valence-corrected chi connectivity index (χ1v) is 6.98. The van der Waals surface area contributed by atoms with Crippen LogP contribution in [-0.4, -0.2) is 29.9 Å². The van der Waals surface area contributed by atoms with Gasteiger partial charge >= 0.3 is 5.97 Å². The van der Waals surface area contributed by atoms with Crippen molar-refractivity contribution in [2.24, 2.45) is 0 Å². The Balaban J connectivity index is 2.55. The highest BCUT2D eigenvalue weighted by atomic mass is 16.5. The lowest BCUT2D eigenvalue weighted by atomic mass is 10.0. The zero-order valence-corrected chi connectivity index (χ0v) is 12.4. The van der Waals surface area contributed by atoms with Gasteiger partial charge in [0.2, 0.25) is 0 Å². The van der Waals surface area contributed by atoms with Gasteiger partial charge in [0.05, 0.1) is 24.3 Å². The smallest absolute Gasteiger partial charge is 0.340 e. The fraction of sp³-hybridized carbons (Fsp3) is 0.600. The second-order valence-corrected chi connectivity index (χ2v) is 5.15. The third-order valence-corrected chi connectivity index (χ3v) is 3.84. The molecule has 0 amide bonds. The summed E-state index contributed by atoms with van der Waals surface area (Å²) in [4.78, 5) is 24.4. The largest absolute Gasteiger partial charge is 0.462 e. The summed E-state index contributed by atoms with van der Waals surface area (Å²) in [7, 11) is 0. The molecule has 0 aromatic carbocycles. The Morgan fingerprint density at radius 2 is 2.20 bits per heavy atom. The van der Waals surface area contributed by atoms with E-state index in [4.69, 9.17) is 9.47 Å². The number of aryl methyl sites for hydroxylation is 1. The van der Waals surface area contributed by atoms with E-state index in [0.29, 0.717) is 30.0 Å². The van der Waals surface area contributed by atoms with Gasteiger partial charge in [0.15, 0.2) is 0 Å². The molecule has 2 rings (SSSR count). The molecule has 0 spiro atoms. The molecule has 1 aromatic heterocycles. The van der Waals surface area contributed by atoms with Crippen LogP contribution in [0.5, 0.6) is 0 Å². The van der Waals surface area contributed by atoms with Gasteiger partial charge in [-0.25, -0.2) is 4.79 Å². The lowest BCUT2D eigenvalue weighted by Crippen LogP contribution is -2.32. The number of carbonyl (C=O) groups excluding carboxylic acids is 1. The minimum atomic E-state index is -0.372. The molecule has 5 heteroatoms. The van der Waals surface area contributed by atoms with Gasteiger partial charge in [-0.15, -0.1) is 0 Å². The van der Waals surface area contributed by atoms with Crippen LogP contribution in [0.2, 0.25) is 0 Å². The third kappa shape index (κ3) is 2.50. The summed E-state index contributed by atoms with van der Waals surface area (Å²) in [6.45, 7) is 8.24. The van der Waals surface area contributed by atoms with Gasteiger partial charge in [0.25, 0.3) is 5.56 Å². The molecule has 5 nitrogen and oxygen atoms in total. The van der Waals surface area contributed by atoms with Crippen molar-refractivity contribution >= 4 is 5.97 Å². The average Bonchev–Trinajstić information content (AvgIpc) is 2.75. The molecule has 1 aliphatic heterocycles. The van der Waals surface area contributed by atoms with Crippen molar-refractivity contribution < 1.29 is 14.3 Å². The van der Waals surface area contributed by atoms with Gasteiger partial charge < -0.3 is 14.0 Å². The molecule has 1 aromatic rings. The molecule has 20 heavy (non-hydrogen) atoms. The summed E-state index contributed by atoms with van der Waals surface area (Å²) >= 11 is 0. The summed E-state index contributed by atoms with van der Waals surface area (Å²) in [5.41, 5.74) is 1.73. The van der Waals surface area contributed by atoms with Crippen LogP contribution in [0.3, 0.4) is 0 Å². The Labute approximate surface area is 118 Å². The Hall–Kier alpha value is -1.62. The summed E-state index contributed by atoms with van der Waals surface area (Å²) < 4.78 is 12.3. The number of nitrogens with zero attached hydrogens (tertiary/aromatic N) is 1. The lowest BCUT2D eigenvalue weighted by Gasteiger charge is -2.22. The van der Waals surface area contributed by atoms with Crippen LogP contribution >= 0.6 is 0 Å². The molecule has 0 bridgehead atoms. The molecular formula is C15H21NO4. The van der Waals surface area contributed by atoms with Crippen LogP contribution in [0, 0.1) is 13.8 Å². The van der Waals surface area contributed by atoms with E-state index >= 15 is 0 Å². The van der Waals surface area contributed by atoms with Gasteiger partial charge in [-0.2, -0.15) is 0 Å². The lowest BCUT2D eigenvalue weighted by molar-refractivity contribution is 0.0522. The molecule has 2 unspecified atom stereocenters. The highest BCUT2D eigenvalue weighted by Crippen LogP contribution is 2.27. The van der Waals surface area contributed by atoms with Crippen molar-refractivity contribution in [3.05, 3.63) is 33.2 Å². The minimum absolute atomic E-state index is 0.0173. The number of rotatable bonds is 3. The van der Waals surface area contributed by atoms with Gasteiger partial charge in [-0.1, -0.05) is 0 Å². The maximum Gasteiger partial charge on any atom is 0.340 e. The van der Waals surface area contributed by atoms with Crippen molar-refractivity contribution in [2.75, 3.05) is 13.2 Å². The normalized spacial score (nSPS) is 22.0. The third-order valence-electron chi connectivity index (χ3n) is 3.84. The van der Waals surface area contributed by atoms with Gasteiger partial charge in [-0.05, 0) is 39.7 Å². The molecular weight excluding hydrogens is 258 g/mol. The highest BCUT2D eigenvalue weighted by molar-refractivity contribution is 5.92. The van der Waals surface area contributed by atoms with Crippen LogP contribution in [-0.2, 0) is 9.47 Å². The van der Waals surface area contributed by atoms with Crippen LogP contribution in [0.4, 0.5) is 0 Å². The Morgan fingerprint density at radius 1 is 1.50 bits per heavy atom. The molecule has 1 aliphatic rings. The van der Waals surface area contributed by atoms with Crippen LogP contribution in [0.25, 0.3) is 0 Å². The number of aromatic nitrogens is 1. The number of hydrogen-bond acceptors (Lipinski definition) is 4. The number of hydrogen-bond donors (Lipinski definition) is 0. The molecule has 0 aliphatic carbocycles. The zero-order chi connectivity index (χ0) is 14.9. The zero-order valence-electron chi connectivity index (χ0n) is 12.4. The van der Waals surface area contributed by atoms with Crippen molar-refractivity contribution in [2.45, 2.75) is 46.3 Å². The van der Waals surface area contributed by atoms with E-state index in [9.17, 15) is 9.59 Å². The highest BCUT2D eigenvalue weighted by Gasteiger charge is 2.29. The first kappa shape index (κ1) is 14.8. The Morgan fingerprint density at radius 3 is 2.75 bits per heavy atom. The maximum atomic E-state index is 12.3. The van der Waals surface area contributed by atoms with Crippen molar-refractivity contribution in [3.63, 3.8) is 0 Å². The fourth-order valence-electron chi connectivity index (χ4n) is 2.88. The number of esters is 1. The summed E-state index contributed by atoms with van der Waals surface area (Å²) in [6.07, 6.45) is 0.761. The maximum absolute atomic E-state index is 12.3. The van der Waals surface area contributed by atoms with Crippen molar-refractivity contribution in [1.29, 1.82) is 0 Å². The second-order valence-electron chi connectivity index (χ2n) is 5.15. The van der Waals surface area contributed by atoms with Crippen molar-refractivity contribution in [1.82, 2.24) is 4.57 Å². The quantitative estimate of drug-likeness (QED) is 0.794. The van der Waals surface area contributed by atoms with Crippen LogP contribution in [0.1, 0.15) is 47.9 Å². The Kier molecular flexibility index (Phi) is 4.28. The summed E-state index contributed by atoms with van der Waals surface area (Å²) in [5, 5.41) is 0. The number of pyridine rings is 1. The molecule has 1 saturated heterocycles. The standard InChI is InChI=1S/C15H21NO4/c1-5-19-15(18)14-9(2)8-13(17)16(10(14)3)12-6-7-20-11(12)4/h8,11-12H,5-7H2,1-4H3. The molecule has 110 valence electrons. The monoisotopic (exact) mass is 279 g/mol. The molecule has 0 radical (unpaired) electrons. The SMILES string of the molecule is CCOC(=O)c1c(C)cc(=O)n(C2CCOC2C)c1C. The fourth-order valence-corrected chi connectivity index (χ4v) is 2.88. The number of ether oxygens (including phenoxy) is 2. The minimum Gasteiger partial charge on any atom is -0.462 e. The van der Waals surface area contributed by atoms with Gasteiger partial charge in [0, 0.05) is 18.4 Å². The molecule has 1 fully saturated rings. The van der Waals surface area contributed by atoms with Crippen molar-refractivity contribution in [3.8, 4) is 0 Å². The van der Waals surface area contributed by atoms with E-state index in [1.165, 1.54) is 6.07 Å².